The fraction of sp³-hybridized carbons (Fsp3) is 0.500. The van der Waals surface area contributed by atoms with Gasteiger partial charge in [-0.15, -0.1) is 6.58 Å². The van der Waals surface area contributed by atoms with E-state index in [1.165, 1.54) is 22.0 Å². The minimum atomic E-state index is 0.931. The molecule has 1 aromatic rings. The third kappa shape index (κ3) is 5.89. The van der Waals surface area contributed by atoms with E-state index in [0.717, 1.165) is 32.7 Å². The van der Waals surface area contributed by atoms with Gasteiger partial charge in [0.25, 0.3) is 0 Å². The Hall–Kier alpha value is -0.640. The first kappa shape index (κ1) is 16.4. The monoisotopic (exact) mass is 324 g/mol. The summed E-state index contributed by atoms with van der Waals surface area (Å²) in [7, 11) is 0. The molecule has 0 radical (unpaired) electrons. The van der Waals surface area contributed by atoms with Gasteiger partial charge in [0, 0.05) is 24.1 Å². The van der Waals surface area contributed by atoms with Crippen LogP contribution in [0.2, 0.25) is 0 Å². The van der Waals surface area contributed by atoms with Crippen molar-refractivity contribution in [3.8, 4) is 0 Å². The van der Waals surface area contributed by atoms with Crippen molar-refractivity contribution in [2.75, 3.05) is 19.6 Å². The Bertz CT molecular complexity index is 390. The zero-order chi connectivity index (χ0) is 14.1. The Morgan fingerprint density at radius 1 is 1.37 bits per heavy atom. The summed E-state index contributed by atoms with van der Waals surface area (Å²) in [4.78, 5) is 2.41. The van der Waals surface area contributed by atoms with Gasteiger partial charge < -0.3 is 5.32 Å². The fourth-order valence-electron chi connectivity index (χ4n) is 2.07. The summed E-state index contributed by atoms with van der Waals surface area (Å²) in [5.74, 6) is 0. The molecule has 0 heterocycles. The van der Waals surface area contributed by atoms with E-state index in [1.54, 1.807) is 0 Å². The Balaban J connectivity index is 2.69. The first-order valence-corrected chi connectivity index (χ1v) is 7.81. The molecular formula is C16H25BrN2. The first-order chi connectivity index (χ1) is 9.21. The molecule has 0 aliphatic rings. The van der Waals surface area contributed by atoms with Gasteiger partial charge >= 0.3 is 0 Å². The highest BCUT2D eigenvalue weighted by molar-refractivity contribution is 9.10. The van der Waals surface area contributed by atoms with Crippen LogP contribution in [-0.2, 0) is 13.1 Å². The molecule has 1 rings (SSSR count). The molecule has 0 aliphatic carbocycles. The second kappa shape index (κ2) is 9.29. The van der Waals surface area contributed by atoms with Crippen molar-refractivity contribution < 1.29 is 0 Å². The quantitative estimate of drug-likeness (QED) is 0.692. The average molecular weight is 325 g/mol. The molecule has 0 bridgehead atoms. The highest BCUT2D eigenvalue weighted by Gasteiger charge is 2.07. The van der Waals surface area contributed by atoms with E-state index in [1.807, 2.05) is 6.08 Å². The lowest BCUT2D eigenvalue weighted by molar-refractivity contribution is 0.294. The first-order valence-electron chi connectivity index (χ1n) is 7.02. The summed E-state index contributed by atoms with van der Waals surface area (Å²) >= 11 is 3.69. The van der Waals surface area contributed by atoms with Crippen LogP contribution in [0.5, 0.6) is 0 Å². The number of hydrogen-bond acceptors (Lipinski definition) is 2. The molecule has 0 unspecified atom stereocenters. The molecule has 0 amide bonds. The van der Waals surface area contributed by atoms with Crippen molar-refractivity contribution in [2.45, 2.75) is 33.4 Å². The Morgan fingerprint density at radius 3 is 2.74 bits per heavy atom. The minimum absolute atomic E-state index is 0.931. The maximum atomic E-state index is 3.83. The van der Waals surface area contributed by atoms with Crippen molar-refractivity contribution in [3.63, 3.8) is 0 Å². The predicted molar refractivity (Wildman–Crippen MR) is 87.3 cm³/mol. The molecule has 0 saturated carbocycles. The summed E-state index contributed by atoms with van der Waals surface area (Å²) in [6, 6.07) is 6.65. The third-order valence-electron chi connectivity index (χ3n) is 3.02. The normalized spacial score (nSPS) is 10.9. The van der Waals surface area contributed by atoms with E-state index in [0.29, 0.717) is 0 Å². The van der Waals surface area contributed by atoms with Gasteiger partial charge in [-0.05, 0) is 36.7 Å². The Labute approximate surface area is 126 Å². The van der Waals surface area contributed by atoms with Crippen LogP contribution in [-0.4, -0.2) is 24.5 Å². The number of nitrogens with one attached hydrogen (secondary N) is 1. The molecule has 1 N–H and O–H groups in total. The summed E-state index contributed by atoms with van der Waals surface area (Å²) in [5, 5.41) is 3.35. The van der Waals surface area contributed by atoms with Crippen molar-refractivity contribution in [1.82, 2.24) is 10.2 Å². The van der Waals surface area contributed by atoms with E-state index in [-0.39, 0.29) is 0 Å². The number of nitrogens with zero attached hydrogens (tertiary/aromatic N) is 1. The van der Waals surface area contributed by atoms with E-state index in [2.05, 4.69) is 64.8 Å². The largest absolute Gasteiger partial charge is 0.313 e. The van der Waals surface area contributed by atoms with Crippen molar-refractivity contribution >= 4 is 15.9 Å². The van der Waals surface area contributed by atoms with Crippen LogP contribution in [0.1, 0.15) is 31.4 Å². The summed E-state index contributed by atoms with van der Waals surface area (Å²) in [5.41, 5.74) is 2.67. The third-order valence-corrected chi connectivity index (χ3v) is 3.76. The zero-order valence-electron chi connectivity index (χ0n) is 12.1. The molecule has 106 valence electrons. The average Bonchev–Trinajstić information content (AvgIpc) is 2.39. The lowest BCUT2D eigenvalue weighted by atomic mass is 10.1. The van der Waals surface area contributed by atoms with Gasteiger partial charge in [0.1, 0.15) is 0 Å². The van der Waals surface area contributed by atoms with E-state index < -0.39 is 0 Å². The number of hydrogen-bond donors (Lipinski definition) is 1. The molecular weight excluding hydrogens is 300 g/mol. The molecule has 0 atom stereocenters. The van der Waals surface area contributed by atoms with Crippen LogP contribution in [0.4, 0.5) is 0 Å². The summed E-state index contributed by atoms with van der Waals surface area (Å²) in [6.07, 6.45) is 3.15. The van der Waals surface area contributed by atoms with E-state index >= 15 is 0 Å². The lowest BCUT2D eigenvalue weighted by Gasteiger charge is -2.21. The van der Waals surface area contributed by atoms with Crippen molar-refractivity contribution in [2.24, 2.45) is 0 Å². The summed E-state index contributed by atoms with van der Waals surface area (Å²) < 4.78 is 1.20. The fourth-order valence-corrected chi connectivity index (χ4v) is 2.62. The number of halogens is 1. The van der Waals surface area contributed by atoms with Gasteiger partial charge in [-0.1, -0.05) is 48.0 Å². The van der Waals surface area contributed by atoms with Gasteiger partial charge in [0.2, 0.25) is 0 Å². The van der Waals surface area contributed by atoms with Crippen LogP contribution in [0.15, 0.2) is 35.3 Å². The molecule has 1 aromatic carbocycles. The van der Waals surface area contributed by atoms with Crippen LogP contribution in [0.25, 0.3) is 0 Å². The Morgan fingerprint density at radius 2 is 2.16 bits per heavy atom. The highest BCUT2D eigenvalue weighted by Crippen LogP contribution is 2.20. The molecule has 3 heteroatoms. The maximum absolute atomic E-state index is 3.83. The molecule has 0 saturated heterocycles. The topological polar surface area (TPSA) is 15.3 Å². The molecule has 19 heavy (non-hydrogen) atoms. The smallest absolute Gasteiger partial charge is 0.0248 e. The van der Waals surface area contributed by atoms with Gasteiger partial charge in [-0.2, -0.15) is 0 Å². The van der Waals surface area contributed by atoms with Crippen LogP contribution in [0.3, 0.4) is 0 Å². The summed E-state index contributed by atoms with van der Waals surface area (Å²) in [6.45, 7) is 13.1. The van der Waals surface area contributed by atoms with Gasteiger partial charge in [-0.25, -0.2) is 0 Å². The highest BCUT2D eigenvalue weighted by atomic mass is 79.9. The lowest BCUT2D eigenvalue weighted by Crippen LogP contribution is -2.24. The predicted octanol–water partition coefficient (Wildman–Crippen LogP) is 3.96. The molecule has 0 spiro atoms. The van der Waals surface area contributed by atoms with Gasteiger partial charge in [-0.3, -0.25) is 4.90 Å². The second-order valence-electron chi connectivity index (χ2n) is 4.73. The van der Waals surface area contributed by atoms with Crippen LogP contribution < -0.4 is 5.32 Å². The Kier molecular flexibility index (Phi) is 8.03. The van der Waals surface area contributed by atoms with E-state index in [4.69, 9.17) is 0 Å². The van der Waals surface area contributed by atoms with Gasteiger partial charge in [0.05, 0.1) is 0 Å². The van der Waals surface area contributed by atoms with Crippen LogP contribution >= 0.6 is 15.9 Å². The zero-order valence-corrected chi connectivity index (χ0v) is 13.7. The van der Waals surface area contributed by atoms with Gasteiger partial charge in [0.15, 0.2) is 0 Å². The second-order valence-corrected chi connectivity index (χ2v) is 5.58. The number of rotatable bonds is 9. The molecule has 0 aromatic heterocycles. The maximum Gasteiger partial charge on any atom is 0.0248 e. The minimum Gasteiger partial charge on any atom is -0.313 e. The standard InChI is InChI=1S/C16H25BrN2/c1-4-9-19(10-5-2)13-15-8-7-14(11-16(15)17)12-18-6-3/h4,7-8,11,18H,1,5-6,9-10,12-13H2,2-3H3. The molecule has 0 fully saturated rings. The number of benzene rings is 1. The molecule has 2 nitrogen and oxygen atoms in total. The molecule has 0 aliphatic heterocycles. The van der Waals surface area contributed by atoms with E-state index in [9.17, 15) is 0 Å². The van der Waals surface area contributed by atoms with Crippen molar-refractivity contribution in [1.29, 1.82) is 0 Å². The SMILES string of the molecule is C=CCN(CCC)Cc1ccc(CNCC)cc1Br. The van der Waals surface area contributed by atoms with Crippen molar-refractivity contribution in [3.05, 3.63) is 46.5 Å². The van der Waals surface area contributed by atoms with Crippen LogP contribution in [0, 0.1) is 0 Å².